The maximum Gasteiger partial charge on any atom is 0.234 e. The molecule has 4 aromatic rings. The predicted molar refractivity (Wildman–Crippen MR) is 130 cm³/mol. The van der Waals surface area contributed by atoms with E-state index in [4.69, 9.17) is 39.5 Å². The van der Waals surface area contributed by atoms with Gasteiger partial charge in [-0.2, -0.15) is 0 Å². The minimum atomic E-state index is -0.258. The fourth-order valence-electron chi connectivity index (χ4n) is 3.00. The van der Waals surface area contributed by atoms with Gasteiger partial charge in [-0.05, 0) is 23.6 Å². The monoisotopic (exact) mass is 506 g/mol. The minimum Gasteiger partial charge on any atom is -0.485 e. The van der Waals surface area contributed by atoms with E-state index in [0.717, 1.165) is 16.5 Å². The van der Waals surface area contributed by atoms with Crippen molar-refractivity contribution < 1.29 is 9.53 Å². The smallest absolute Gasteiger partial charge is 0.234 e. The molecule has 0 unspecified atom stereocenters. The molecular weight excluding hydrogens is 491 g/mol. The molecule has 3 aromatic carbocycles. The molecule has 1 N–H and O–H groups in total. The van der Waals surface area contributed by atoms with Crippen LogP contribution >= 0.6 is 46.6 Å². The molecule has 0 fully saturated rings. The zero-order valence-electron chi connectivity index (χ0n) is 16.8. The number of hydrogen-bond donors (Lipinski definition) is 1. The van der Waals surface area contributed by atoms with Crippen LogP contribution in [-0.2, 0) is 18.4 Å². The molecule has 1 heterocycles. The Labute approximate surface area is 203 Å². The van der Waals surface area contributed by atoms with Gasteiger partial charge in [0.25, 0.3) is 0 Å². The summed E-state index contributed by atoms with van der Waals surface area (Å²) >= 11 is 19.3. The Kier molecular flexibility index (Phi) is 7.10. The number of amides is 1. The molecule has 0 saturated heterocycles. The molecule has 0 aliphatic rings. The number of fused-ring (bicyclic) bond motifs is 1. The quantitative estimate of drug-likeness (QED) is 0.237. The van der Waals surface area contributed by atoms with Crippen molar-refractivity contribution in [3.05, 3.63) is 75.5 Å². The van der Waals surface area contributed by atoms with Gasteiger partial charge in [-0.1, -0.05) is 83.0 Å². The highest BCUT2D eigenvalue weighted by Crippen LogP contribution is 2.32. The molecule has 1 amide bonds. The standard InChI is InChI=1S/C22H17Cl3N4O2S/c1-29-20(11-31-19-8-4-6-13-5-2-3-7-14(13)19)27-28-22(29)32-12-21(30)26-18-10-16(24)15(23)9-17(18)25/h2-10H,11-12H2,1H3,(H,26,30). The van der Waals surface area contributed by atoms with Crippen LogP contribution in [0.2, 0.25) is 15.1 Å². The normalized spacial score (nSPS) is 11.0. The highest BCUT2D eigenvalue weighted by atomic mass is 35.5. The number of halogens is 3. The molecular formula is C22H17Cl3N4O2S. The van der Waals surface area contributed by atoms with Crippen LogP contribution in [-0.4, -0.2) is 26.4 Å². The van der Waals surface area contributed by atoms with Crippen LogP contribution in [0.1, 0.15) is 5.82 Å². The molecule has 0 aliphatic heterocycles. The Balaban J connectivity index is 1.37. The second kappa shape index (κ2) is 10.0. The van der Waals surface area contributed by atoms with Crippen LogP contribution < -0.4 is 10.1 Å². The van der Waals surface area contributed by atoms with Gasteiger partial charge >= 0.3 is 0 Å². The summed E-state index contributed by atoms with van der Waals surface area (Å²) in [5.74, 6) is 1.28. The number of rotatable bonds is 7. The third kappa shape index (κ3) is 5.13. The molecule has 32 heavy (non-hydrogen) atoms. The van der Waals surface area contributed by atoms with E-state index < -0.39 is 0 Å². The van der Waals surface area contributed by atoms with E-state index in [1.165, 1.54) is 23.9 Å². The molecule has 4 rings (SSSR count). The second-order valence-corrected chi connectivity index (χ2v) is 8.97. The highest BCUT2D eigenvalue weighted by Gasteiger charge is 2.14. The molecule has 164 valence electrons. The summed E-state index contributed by atoms with van der Waals surface area (Å²) in [5, 5.41) is 14.7. The zero-order valence-corrected chi connectivity index (χ0v) is 19.9. The van der Waals surface area contributed by atoms with Gasteiger partial charge in [0.15, 0.2) is 11.0 Å². The summed E-state index contributed by atoms with van der Waals surface area (Å²) in [6.07, 6.45) is 0. The van der Waals surface area contributed by atoms with Gasteiger partial charge < -0.3 is 14.6 Å². The van der Waals surface area contributed by atoms with Gasteiger partial charge in [0.05, 0.1) is 26.5 Å². The third-order valence-corrected chi connectivity index (χ3v) is 6.70. The van der Waals surface area contributed by atoms with Crippen LogP contribution in [0.25, 0.3) is 10.8 Å². The highest BCUT2D eigenvalue weighted by molar-refractivity contribution is 7.99. The molecule has 0 radical (unpaired) electrons. The molecule has 0 aliphatic carbocycles. The first kappa shape index (κ1) is 22.7. The van der Waals surface area contributed by atoms with Crippen LogP contribution in [0.15, 0.2) is 59.8 Å². The van der Waals surface area contributed by atoms with Crippen molar-refractivity contribution in [1.82, 2.24) is 14.8 Å². The van der Waals surface area contributed by atoms with E-state index in [-0.39, 0.29) is 18.3 Å². The van der Waals surface area contributed by atoms with Gasteiger partial charge in [0.1, 0.15) is 12.4 Å². The average Bonchev–Trinajstić information content (AvgIpc) is 3.14. The number of aromatic nitrogens is 3. The number of carbonyl (C=O) groups excluding carboxylic acids is 1. The number of nitrogens with zero attached hydrogens (tertiary/aromatic N) is 3. The predicted octanol–water partition coefficient (Wildman–Crippen LogP) is 6.24. The molecule has 6 nitrogen and oxygen atoms in total. The number of thioether (sulfide) groups is 1. The maximum atomic E-state index is 12.3. The van der Waals surface area contributed by atoms with Crippen molar-refractivity contribution in [1.29, 1.82) is 0 Å². The van der Waals surface area contributed by atoms with Gasteiger partial charge in [0.2, 0.25) is 5.91 Å². The van der Waals surface area contributed by atoms with Crippen molar-refractivity contribution in [2.24, 2.45) is 7.05 Å². The van der Waals surface area contributed by atoms with Crippen molar-refractivity contribution in [3.8, 4) is 5.75 Å². The summed E-state index contributed by atoms with van der Waals surface area (Å²) in [6.45, 7) is 0.253. The molecule has 0 atom stereocenters. The minimum absolute atomic E-state index is 0.118. The maximum absolute atomic E-state index is 12.3. The van der Waals surface area contributed by atoms with Crippen molar-refractivity contribution in [3.63, 3.8) is 0 Å². The summed E-state index contributed by atoms with van der Waals surface area (Å²) in [7, 11) is 1.83. The lowest BCUT2D eigenvalue weighted by Crippen LogP contribution is -2.15. The number of ether oxygens (including phenoxy) is 1. The van der Waals surface area contributed by atoms with Crippen molar-refractivity contribution in [2.45, 2.75) is 11.8 Å². The lowest BCUT2D eigenvalue weighted by molar-refractivity contribution is -0.113. The first-order chi connectivity index (χ1) is 15.4. The van der Waals surface area contributed by atoms with Crippen molar-refractivity contribution >= 4 is 68.9 Å². The fraction of sp³-hybridized carbons (Fsp3) is 0.136. The van der Waals surface area contributed by atoms with Gasteiger partial charge in [-0.15, -0.1) is 10.2 Å². The Hall–Kier alpha value is -2.45. The van der Waals surface area contributed by atoms with E-state index in [1.807, 2.05) is 49.5 Å². The molecule has 10 heteroatoms. The van der Waals surface area contributed by atoms with E-state index in [2.05, 4.69) is 15.5 Å². The van der Waals surface area contributed by atoms with E-state index in [9.17, 15) is 4.79 Å². The first-order valence-electron chi connectivity index (χ1n) is 9.48. The molecule has 0 saturated carbocycles. The lowest BCUT2D eigenvalue weighted by atomic mass is 10.1. The van der Waals surface area contributed by atoms with Gasteiger partial charge in [-0.3, -0.25) is 4.79 Å². The van der Waals surface area contributed by atoms with Crippen molar-refractivity contribution in [2.75, 3.05) is 11.1 Å². The van der Waals surface area contributed by atoms with Gasteiger partial charge in [-0.25, -0.2) is 0 Å². The summed E-state index contributed by atoms with van der Waals surface area (Å²) in [6, 6.07) is 16.9. The number of nitrogens with one attached hydrogen (secondary N) is 1. The van der Waals surface area contributed by atoms with E-state index in [1.54, 1.807) is 4.57 Å². The topological polar surface area (TPSA) is 69.0 Å². The third-order valence-electron chi connectivity index (χ3n) is 4.65. The SMILES string of the molecule is Cn1c(COc2cccc3ccccc23)nnc1SCC(=O)Nc1cc(Cl)c(Cl)cc1Cl. The van der Waals surface area contributed by atoms with Crippen LogP contribution in [0.4, 0.5) is 5.69 Å². The summed E-state index contributed by atoms with van der Waals surface area (Å²) in [4.78, 5) is 12.3. The molecule has 0 spiro atoms. The Morgan fingerprint density at radius 2 is 1.78 bits per heavy atom. The zero-order chi connectivity index (χ0) is 22.7. The fourth-order valence-corrected chi connectivity index (χ4v) is 4.32. The number of hydrogen-bond acceptors (Lipinski definition) is 5. The first-order valence-corrected chi connectivity index (χ1v) is 11.6. The number of anilines is 1. The number of benzene rings is 3. The van der Waals surface area contributed by atoms with Crippen LogP contribution in [0, 0.1) is 0 Å². The molecule has 0 bridgehead atoms. The largest absolute Gasteiger partial charge is 0.485 e. The van der Waals surface area contributed by atoms with E-state index in [0.29, 0.717) is 31.7 Å². The summed E-state index contributed by atoms with van der Waals surface area (Å²) < 4.78 is 7.79. The van der Waals surface area contributed by atoms with Gasteiger partial charge in [0, 0.05) is 12.4 Å². The van der Waals surface area contributed by atoms with E-state index >= 15 is 0 Å². The lowest BCUT2D eigenvalue weighted by Gasteiger charge is -2.10. The Bertz CT molecular complexity index is 1290. The molecule has 1 aromatic heterocycles. The average molecular weight is 508 g/mol. The Morgan fingerprint density at radius 1 is 1.03 bits per heavy atom. The summed E-state index contributed by atoms with van der Waals surface area (Å²) in [5.41, 5.74) is 0.397. The van der Waals surface area contributed by atoms with Crippen LogP contribution in [0.5, 0.6) is 5.75 Å². The Morgan fingerprint density at radius 3 is 2.62 bits per heavy atom. The second-order valence-electron chi connectivity index (χ2n) is 6.81. The van der Waals surface area contributed by atoms with Crippen LogP contribution in [0.3, 0.4) is 0 Å². The number of carbonyl (C=O) groups is 1.